The lowest BCUT2D eigenvalue weighted by atomic mass is 9.94. The van der Waals surface area contributed by atoms with Gasteiger partial charge in [-0.25, -0.2) is 0 Å². The molecular weight excluding hydrogens is 258 g/mol. The summed E-state index contributed by atoms with van der Waals surface area (Å²) in [6, 6.07) is 3.78. The van der Waals surface area contributed by atoms with E-state index in [1.807, 2.05) is 12.1 Å². The minimum Gasteiger partial charge on any atom is -0.496 e. The Kier molecular flexibility index (Phi) is 4.73. The topological polar surface area (TPSA) is 40.2 Å². The zero-order chi connectivity index (χ0) is 14.7. The molecule has 2 unspecified atom stereocenters. The molecule has 0 aliphatic carbocycles. The third kappa shape index (κ3) is 2.55. The molecule has 2 atom stereocenters. The predicted molar refractivity (Wildman–Crippen MR) is 76.9 cm³/mol. The van der Waals surface area contributed by atoms with Gasteiger partial charge in [-0.05, 0) is 13.5 Å². The van der Waals surface area contributed by atoms with Crippen LogP contribution < -0.4 is 14.2 Å². The highest BCUT2D eigenvalue weighted by Crippen LogP contribution is 2.45. The van der Waals surface area contributed by atoms with Crippen molar-refractivity contribution >= 4 is 0 Å². The van der Waals surface area contributed by atoms with Crippen LogP contribution in [0, 0.1) is 0 Å². The van der Waals surface area contributed by atoms with E-state index in [1.54, 1.807) is 28.4 Å². The third-order valence-electron chi connectivity index (χ3n) is 3.94. The zero-order valence-corrected chi connectivity index (χ0v) is 12.8. The molecule has 1 saturated heterocycles. The largest absolute Gasteiger partial charge is 0.496 e. The fraction of sp³-hybridized carbons (Fsp3) is 0.600. The number of likely N-dealkylation sites (N-methyl/N-ethyl adjacent to an activating group) is 1. The molecule has 5 heteroatoms. The lowest BCUT2D eigenvalue weighted by Crippen LogP contribution is -2.30. The number of rotatable bonds is 5. The van der Waals surface area contributed by atoms with E-state index < -0.39 is 0 Å². The first-order valence-corrected chi connectivity index (χ1v) is 6.69. The number of ether oxygens (including phenoxy) is 4. The summed E-state index contributed by atoms with van der Waals surface area (Å²) in [7, 11) is 8.77. The van der Waals surface area contributed by atoms with E-state index in [0.717, 1.165) is 35.8 Å². The van der Waals surface area contributed by atoms with Gasteiger partial charge in [0.2, 0.25) is 0 Å². The molecule has 5 nitrogen and oxygen atoms in total. The highest BCUT2D eigenvalue weighted by Gasteiger charge is 2.37. The van der Waals surface area contributed by atoms with Gasteiger partial charge >= 0.3 is 0 Å². The molecule has 1 aromatic rings. The van der Waals surface area contributed by atoms with Crippen molar-refractivity contribution in [3.63, 3.8) is 0 Å². The lowest BCUT2D eigenvalue weighted by Gasteiger charge is -2.26. The van der Waals surface area contributed by atoms with Crippen molar-refractivity contribution in [1.29, 1.82) is 0 Å². The molecular formula is C15H23NO4. The molecule has 0 radical (unpaired) electrons. The van der Waals surface area contributed by atoms with E-state index in [9.17, 15) is 0 Å². The minimum atomic E-state index is 0.0335. The second-order valence-electron chi connectivity index (χ2n) is 4.95. The van der Waals surface area contributed by atoms with Gasteiger partial charge in [0.15, 0.2) is 0 Å². The highest BCUT2D eigenvalue weighted by molar-refractivity contribution is 5.53. The Morgan fingerprint density at radius 1 is 1.00 bits per heavy atom. The van der Waals surface area contributed by atoms with Crippen molar-refractivity contribution in [2.75, 3.05) is 42.0 Å². The van der Waals surface area contributed by atoms with Crippen LogP contribution in [0.1, 0.15) is 17.9 Å². The number of benzene rings is 1. The molecule has 0 aromatic heterocycles. The summed E-state index contributed by atoms with van der Waals surface area (Å²) >= 11 is 0. The maximum Gasteiger partial charge on any atom is 0.129 e. The van der Waals surface area contributed by atoms with E-state index in [-0.39, 0.29) is 12.1 Å². The van der Waals surface area contributed by atoms with E-state index >= 15 is 0 Å². The molecule has 1 fully saturated rings. The van der Waals surface area contributed by atoms with Gasteiger partial charge in [-0.3, -0.25) is 4.90 Å². The van der Waals surface area contributed by atoms with Crippen LogP contribution in [-0.4, -0.2) is 53.2 Å². The zero-order valence-electron chi connectivity index (χ0n) is 12.8. The Hall–Kier alpha value is -1.46. The van der Waals surface area contributed by atoms with Crippen LogP contribution in [-0.2, 0) is 4.74 Å². The monoisotopic (exact) mass is 281 g/mol. The van der Waals surface area contributed by atoms with Crippen LogP contribution >= 0.6 is 0 Å². The van der Waals surface area contributed by atoms with Gasteiger partial charge in [0.1, 0.15) is 23.5 Å². The van der Waals surface area contributed by atoms with Gasteiger partial charge in [0.25, 0.3) is 0 Å². The van der Waals surface area contributed by atoms with E-state index in [0.29, 0.717) is 0 Å². The Labute approximate surface area is 120 Å². The van der Waals surface area contributed by atoms with Gasteiger partial charge in [0.05, 0.1) is 21.3 Å². The smallest absolute Gasteiger partial charge is 0.129 e. The SMILES string of the molecule is COc1cc(OC)c(C2CCN(C)C2OC)c(OC)c1. The van der Waals surface area contributed by atoms with Crippen LogP contribution in [0.15, 0.2) is 12.1 Å². The molecule has 0 saturated carbocycles. The first kappa shape index (κ1) is 14.9. The molecule has 0 N–H and O–H groups in total. The number of likely N-dealkylation sites (tertiary alicyclic amines) is 1. The second-order valence-corrected chi connectivity index (χ2v) is 4.95. The molecule has 0 amide bonds. The van der Waals surface area contributed by atoms with Crippen molar-refractivity contribution in [3.8, 4) is 17.2 Å². The maximum atomic E-state index is 5.63. The standard InChI is InChI=1S/C15H23NO4/c1-16-7-6-11(15(16)20-5)14-12(18-3)8-10(17-2)9-13(14)19-4/h8-9,11,15H,6-7H2,1-5H3. The molecule has 2 rings (SSSR count). The van der Waals surface area contributed by atoms with Crippen molar-refractivity contribution < 1.29 is 18.9 Å². The molecule has 0 spiro atoms. The summed E-state index contributed by atoms with van der Waals surface area (Å²) in [6.45, 7) is 0.988. The number of methoxy groups -OCH3 is 4. The molecule has 20 heavy (non-hydrogen) atoms. The first-order valence-electron chi connectivity index (χ1n) is 6.69. The van der Waals surface area contributed by atoms with E-state index in [2.05, 4.69) is 11.9 Å². The quantitative estimate of drug-likeness (QED) is 0.826. The molecule has 112 valence electrons. The molecule has 1 aliphatic rings. The number of hydrogen-bond acceptors (Lipinski definition) is 5. The summed E-state index contributed by atoms with van der Waals surface area (Å²) in [4.78, 5) is 2.20. The highest BCUT2D eigenvalue weighted by atomic mass is 16.5. The summed E-state index contributed by atoms with van der Waals surface area (Å²) in [5.41, 5.74) is 1.05. The Morgan fingerprint density at radius 3 is 2.05 bits per heavy atom. The third-order valence-corrected chi connectivity index (χ3v) is 3.94. The van der Waals surface area contributed by atoms with Crippen LogP contribution in [0.3, 0.4) is 0 Å². The minimum absolute atomic E-state index is 0.0335. The fourth-order valence-electron chi connectivity index (χ4n) is 2.95. The van der Waals surface area contributed by atoms with Crippen molar-refractivity contribution in [1.82, 2.24) is 4.90 Å². The predicted octanol–water partition coefficient (Wildman–Crippen LogP) is 2.10. The Balaban J connectivity index is 2.49. The summed E-state index contributed by atoms with van der Waals surface area (Å²) in [5.74, 6) is 2.51. The maximum absolute atomic E-state index is 5.63. The van der Waals surface area contributed by atoms with Gasteiger partial charge in [0, 0.05) is 37.3 Å². The van der Waals surface area contributed by atoms with Gasteiger partial charge in [-0.15, -0.1) is 0 Å². The van der Waals surface area contributed by atoms with Crippen molar-refractivity contribution in [2.24, 2.45) is 0 Å². The summed E-state index contributed by atoms with van der Waals surface area (Å²) in [5, 5.41) is 0. The Bertz CT molecular complexity index is 438. The molecule has 1 heterocycles. The van der Waals surface area contributed by atoms with Crippen LogP contribution in [0.2, 0.25) is 0 Å². The first-order chi connectivity index (χ1) is 9.65. The van der Waals surface area contributed by atoms with Crippen LogP contribution in [0.5, 0.6) is 17.2 Å². The normalized spacial score (nSPS) is 22.9. The van der Waals surface area contributed by atoms with Gasteiger partial charge in [-0.1, -0.05) is 0 Å². The van der Waals surface area contributed by atoms with Crippen molar-refractivity contribution in [2.45, 2.75) is 18.6 Å². The van der Waals surface area contributed by atoms with Crippen LogP contribution in [0.25, 0.3) is 0 Å². The molecule has 1 aliphatic heterocycles. The molecule has 0 bridgehead atoms. The average molecular weight is 281 g/mol. The Morgan fingerprint density at radius 2 is 1.60 bits per heavy atom. The number of hydrogen-bond donors (Lipinski definition) is 0. The van der Waals surface area contributed by atoms with Crippen molar-refractivity contribution in [3.05, 3.63) is 17.7 Å². The van der Waals surface area contributed by atoms with Crippen LogP contribution in [0.4, 0.5) is 0 Å². The molecule has 1 aromatic carbocycles. The second kappa shape index (κ2) is 6.33. The summed E-state index contributed by atoms with van der Waals surface area (Å²) in [6.07, 6.45) is 1.04. The number of nitrogens with zero attached hydrogens (tertiary/aromatic N) is 1. The lowest BCUT2D eigenvalue weighted by molar-refractivity contribution is -0.000964. The van der Waals surface area contributed by atoms with E-state index in [4.69, 9.17) is 18.9 Å². The van der Waals surface area contributed by atoms with E-state index in [1.165, 1.54) is 0 Å². The van der Waals surface area contributed by atoms with Gasteiger partial charge < -0.3 is 18.9 Å². The fourth-order valence-corrected chi connectivity index (χ4v) is 2.95. The van der Waals surface area contributed by atoms with Gasteiger partial charge in [-0.2, -0.15) is 0 Å². The average Bonchev–Trinajstić information content (AvgIpc) is 2.85. The summed E-state index contributed by atoms with van der Waals surface area (Å²) < 4.78 is 22.0.